The first-order valence-electron chi connectivity index (χ1n) is 5.94. The van der Waals surface area contributed by atoms with Crippen molar-refractivity contribution in [1.82, 2.24) is 5.32 Å². The highest BCUT2D eigenvalue weighted by atomic mass is 35.5. The van der Waals surface area contributed by atoms with E-state index in [-0.39, 0.29) is 24.0 Å². The lowest BCUT2D eigenvalue weighted by molar-refractivity contribution is 0.386. The number of amidine groups is 1. The Morgan fingerprint density at radius 2 is 2.16 bits per heavy atom. The van der Waals surface area contributed by atoms with Crippen LogP contribution >= 0.6 is 24.2 Å². The number of ether oxygens (including phenoxy) is 1. The molecule has 0 radical (unpaired) electrons. The van der Waals surface area contributed by atoms with Crippen molar-refractivity contribution in [3.05, 3.63) is 29.6 Å². The third-order valence-electron chi connectivity index (χ3n) is 2.22. The molecule has 1 aromatic carbocycles. The molecule has 3 nitrogen and oxygen atoms in total. The Bertz CT molecular complexity index is 416. The summed E-state index contributed by atoms with van der Waals surface area (Å²) in [7, 11) is 1.46. The maximum Gasteiger partial charge on any atom is 0.165 e. The van der Waals surface area contributed by atoms with E-state index in [4.69, 9.17) is 4.74 Å². The molecule has 108 valence electrons. The minimum atomic E-state index is -0.326. The van der Waals surface area contributed by atoms with Gasteiger partial charge in [0.2, 0.25) is 0 Å². The molecule has 0 aliphatic rings. The molecule has 0 fully saturated rings. The molecule has 0 atom stereocenters. The molecule has 0 aliphatic carbocycles. The highest BCUT2D eigenvalue weighted by Crippen LogP contribution is 2.21. The summed E-state index contributed by atoms with van der Waals surface area (Å²) in [6, 6.07) is 5.01. The Morgan fingerprint density at radius 1 is 1.42 bits per heavy atom. The van der Waals surface area contributed by atoms with Crippen LogP contribution in [0.3, 0.4) is 0 Å². The van der Waals surface area contributed by atoms with Gasteiger partial charge in [-0.25, -0.2) is 4.39 Å². The van der Waals surface area contributed by atoms with Crippen molar-refractivity contribution >= 4 is 29.3 Å². The average Bonchev–Trinajstić information content (AvgIpc) is 2.36. The second kappa shape index (κ2) is 9.92. The molecule has 1 aromatic rings. The Balaban J connectivity index is 0.00000324. The zero-order valence-electron chi connectivity index (χ0n) is 11.4. The van der Waals surface area contributed by atoms with Crippen LogP contribution in [0.2, 0.25) is 0 Å². The van der Waals surface area contributed by atoms with Gasteiger partial charge in [-0.05, 0) is 31.5 Å². The van der Waals surface area contributed by atoms with Gasteiger partial charge in [-0.15, -0.1) is 12.4 Å². The summed E-state index contributed by atoms with van der Waals surface area (Å²) in [4.78, 5) is 4.34. The fourth-order valence-electron chi connectivity index (χ4n) is 1.40. The zero-order chi connectivity index (χ0) is 13.4. The van der Waals surface area contributed by atoms with Gasteiger partial charge in [0.1, 0.15) is 0 Å². The maximum absolute atomic E-state index is 13.5. The van der Waals surface area contributed by atoms with E-state index in [9.17, 15) is 4.39 Å². The molecule has 1 N–H and O–H groups in total. The first-order chi connectivity index (χ1) is 8.71. The lowest BCUT2D eigenvalue weighted by Crippen LogP contribution is -2.20. The van der Waals surface area contributed by atoms with E-state index in [0.29, 0.717) is 5.75 Å². The summed E-state index contributed by atoms with van der Waals surface area (Å²) in [6.07, 6.45) is 0. The van der Waals surface area contributed by atoms with Crippen LogP contribution in [-0.2, 0) is 5.75 Å². The van der Waals surface area contributed by atoms with Crippen LogP contribution in [0.25, 0.3) is 0 Å². The van der Waals surface area contributed by atoms with Crippen LogP contribution in [0.5, 0.6) is 5.75 Å². The van der Waals surface area contributed by atoms with Crippen molar-refractivity contribution in [3.8, 4) is 5.75 Å². The van der Waals surface area contributed by atoms with E-state index in [1.807, 2.05) is 19.9 Å². The summed E-state index contributed by atoms with van der Waals surface area (Å²) in [5.41, 5.74) is 0.917. The van der Waals surface area contributed by atoms with Gasteiger partial charge >= 0.3 is 0 Å². The molecule has 0 unspecified atom stereocenters. The van der Waals surface area contributed by atoms with E-state index in [1.165, 1.54) is 13.2 Å². The monoisotopic (exact) mass is 306 g/mol. The van der Waals surface area contributed by atoms with Crippen LogP contribution in [0.1, 0.15) is 19.4 Å². The Labute approximate surface area is 124 Å². The van der Waals surface area contributed by atoms with Crippen molar-refractivity contribution in [2.24, 2.45) is 4.99 Å². The van der Waals surface area contributed by atoms with Gasteiger partial charge in [0.15, 0.2) is 16.7 Å². The van der Waals surface area contributed by atoms with E-state index < -0.39 is 0 Å². The fraction of sp³-hybridized carbons (Fsp3) is 0.462. The summed E-state index contributed by atoms with van der Waals surface area (Å²) < 4.78 is 18.4. The predicted octanol–water partition coefficient (Wildman–Crippen LogP) is 3.47. The number of methoxy groups -OCH3 is 1. The van der Waals surface area contributed by atoms with Gasteiger partial charge in [0, 0.05) is 18.8 Å². The Kier molecular flexibility index (Phi) is 9.43. The van der Waals surface area contributed by atoms with Crippen LogP contribution in [0, 0.1) is 5.82 Å². The molecular formula is C13H20ClFN2OS. The molecule has 0 aliphatic heterocycles. The molecule has 0 saturated heterocycles. The predicted molar refractivity (Wildman–Crippen MR) is 83.1 cm³/mol. The van der Waals surface area contributed by atoms with E-state index in [2.05, 4.69) is 10.3 Å². The van der Waals surface area contributed by atoms with E-state index >= 15 is 0 Å². The molecule has 0 saturated carbocycles. The lowest BCUT2D eigenvalue weighted by Gasteiger charge is -2.08. The van der Waals surface area contributed by atoms with Crippen LogP contribution in [-0.4, -0.2) is 25.4 Å². The highest BCUT2D eigenvalue weighted by molar-refractivity contribution is 8.13. The first-order valence-corrected chi connectivity index (χ1v) is 6.93. The molecular weight excluding hydrogens is 287 g/mol. The Hall–Kier alpha value is -0.940. The minimum Gasteiger partial charge on any atom is -0.494 e. The summed E-state index contributed by atoms with van der Waals surface area (Å²) in [6.45, 7) is 5.60. The number of halogens is 2. The van der Waals surface area contributed by atoms with Gasteiger partial charge in [-0.1, -0.05) is 17.8 Å². The summed E-state index contributed by atoms with van der Waals surface area (Å²) in [5.74, 6) is 0.637. The molecule has 0 bridgehead atoms. The number of nitrogens with one attached hydrogen (secondary N) is 1. The van der Waals surface area contributed by atoms with E-state index in [1.54, 1.807) is 17.8 Å². The smallest absolute Gasteiger partial charge is 0.165 e. The molecule has 0 aromatic heterocycles. The number of hydrogen-bond donors (Lipinski definition) is 1. The standard InChI is InChI=1S/C13H19FN2OS.ClH/c1-4-15-13(16-5-2)18-9-10-6-7-12(17-3)11(14)8-10;/h6-8H,4-5,9H2,1-3H3,(H,15,16);1H. The van der Waals surface area contributed by atoms with Crippen LogP contribution in [0.15, 0.2) is 23.2 Å². The number of nitrogens with zero attached hydrogens (tertiary/aromatic N) is 1. The van der Waals surface area contributed by atoms with Gasteiger partial charge < -0.3 is 10.1 Å². The highest BCUT2D eigenvalue weighted by Gasteiger charge is 2.05. The third-order valence-corrected chi connectivity index (χ3v) is 3.25. The molecule has 6 heteroatoms. The number of aliphatic imine (C=N–C) groups is 1. The largest absolute Gasteiger partial charge is 0.494 e. The van der Waals surface area contributed by atoms with Gasteiger partial charge in [-0.2, -0.15) is 0 Å². The molecule has 0 amide bonds. The first kappa shape index (κ1) is 18.1. The molecule has 19 heavy (non-hydrogen) atoms. The van der Waals surface area contributed by atoms with Crippen molar-refractivity contribution in [1.29, 1.82) is 0 Å². The molecule has 0 heterocycles. The van der Waals surface area contributed by atoms with Crippen molar-refractivity contribution in [2.75, 3.05) is 20.2 Å². The van der Waals surface area contributed by atoms with E-state index in [0.717, 1.165) is 23.8 Å². The van der Waals surface area contributed by atoms with Crippen molar-refractivity contribution < 1.29 is 9.13 Å². The third kappa shape index (κ3) is 6.16. The molecule has 0 spiro atoms. The number of rotatable bonds is 5. The summed E-state index contributed by atoms with van der Waals surface area (Å²) >= 11 is 1.58. The number of benzene rings is 1. The normalized spacial score (nSPS) is 10.8. The fourth-order valence-corrected chi connectivity index (χ4v) is 2.35. The number of hydrogen-bond acceptors (Lipinski definition) is 3. The van der Waals surface area contributed by atoms with Crippen molar-refractivity contribution in [3.63, 3.8) is 0 Å². The van der Waals surface area contributed by atoms with Crippen molar-refractivity contribution in [2.45, 2.75) is 19.6 Å². The topological polar surface area (TPSA) is 33.6 Å². The van der Waals surface area contributed by atoms with Crippen LogP contribution in [0.4, 0.5) is 4.39 Å². The van der Waals surface area contributed by atoms with Crippen LogP contribution < -0.4 is 10.1 Å². The molecule has 1 rings (SSSR count). The van der Waals surface area contributed by atoms with Gasteiger partial charge in [-0.3, -0.25) is 4.99 Å². The van der Waals surface area contributed by atoms with Gasteiger partial charge in [0.05, 0.1) is 7.11 Å². The minimum absolute atomic E-state index is 0. The second-order valence-corrected chi connectivity index (χ2v) is 4.53. The summed E-state index contributed by atoms with van der Waals surface area (Å²) in [5, 5.41) is 4.08. The quantitative estimate of drug-likeness (QED) is 0.668. The second-order valence-electron chi connectivity index (χ2n) is 3.57. The van der Waals surface area contributed by atoms with Gasteiger partial charge in [0.25, 0.3) is 0 Å². The SMILES string of the molecule is CCN=C(NCC)SCc1ccc(OC)c(F)c1.Cl. The average molecular weight is 307 g/mol. The maximum atomic E-state index is 13.5. The lowest BCUT2D eigenvalue weighted by atomic mass is 10.2. The Morgan fingerprint density at radius 3 is 2.68 bits per heavy atom. The zero-order valence-corrected chi connectivity index (χ0v) is 13.0. The number of thioether (sulfide) groups is 1.